The van der Waals surface area contributed by atoms with Gasteiger partial charge in [0, 0.05) is 7.11 Å². The highest BCUT2D eigenvalue weighted by atomic mass is 16.5. The molecule has 2 atom stereocenters. The quantitative estimate of drug-likeness (QED) is 0.620. The minimum absolute atomic E-state index is 0.110. The van der Waals surface area contributed by atoms with Gasteiger partial charge >= 0.3 is 12.0 Å². The van der Waals surface area contributed by atoms with Crippen LogP contribution in [0.15, 0.2) is 0 Å². The molecule has 1 unspecified atom stereocenters. The molecule has 0 aliphatic rings. The molecule has 0 fully saturated rings. The lowest BCUT2D eigenvalue weighted by molar-refractivity contribution is -0.140. The van der Waals surface area contributed by atoms with E-state index in [0.29, 0.717) is 6.61 Å². The van der Waals surface area contributed by atoms with Crippen LogP contribution in [0.1, 0.15) is 27.2 Å². The minimum atomic E-state index is -1.03. The Hall–Kier alpha value is -1.30. The number of hydrogen-bond donors (Lipinski definition) is 3. The third-order valence-corrected chi connectivity index (χ3v) is 2.42. The number of methoxy groups -OCH3 is 1. The van der Waals surface area contributed by atoms with Gasteiger partial charge in [-0.25, -0.2) is 9.59 Å². The number of ether oxygens (including phenoxy) is 1. The highest BCUT2D eigenvalue weighted by Gasteiger charge is 2.24. The first-order chi connectivity index (χ1) is 7.92. The van der Waals surface area contributed by atoms with Gasteiger partial charge < -0.3 is 20.5 Å². The number of carbonyl (C=O) groups excluding carboxylic acids is 1. The van der Waals surface area contributed by atoms with Crippen LogP contribution in [0.2, 0.25) is 0 Å². The summed E-state index contributed by atoms with van der Waals surface area (Å²) in [7, 11) is 1.55. The summed E-state index contributed by atoms with van der Waals surface area (Å²) >= 11 is 0. The van der Waals surface area contributed by atoms with Gasteiger partial charge in [-0.15, -0.1) is 0 Å². The number of amides is 2. The van der Waals surface area contributed by atoms with Gasteiger partial charge in [0.2, 0.25) is 0 Å². The van der Waals surface area contributed by atoms with E-state index < -0.39 is 18.0 Å². The molecule has 0 saturated heterocycles. The smallest absolute Gasteiger partial charge is 0.326 e. The van der Waals surface area contributed by atoms with Crippen LogP contribution in [0.3, 0.4) is 0 Å². The molecule has 6 heteroatoms. The van der Waals surface area contributed by atoms with E-state index in [-0.39, 0.29) is 12.0 Å². The van der Waals surface area contributed by atoms with E-state index in [1.54, 1.807) is 21.0 Å². The van der Waals surface area contributed by atoms with Crippen LogP contribution in [0.5, 0.6) is 0 Å². The molecule has 0 spiro atoms. The number of urea groups is 1. The fraction of sp³-hybridized carbons (Fsp3) is 0.818. The fourth-order valence-electron chi connectivity index (χ4n) is 1.34. The summed E-state index contributed by atoms with van der Waals surface area (Å²) in [6.45, 7) is 5.81. The van der Waals surface area contributed by atoms with E-state index in [2.05, 4.69) is 10.6 Å². The Morgan fingerprint density at radius 3 is 2.24 bits per heavy atom. The summed E-state index contributed by atoms with van der Waals surface area (Å²) in [5.74, 6) is -1.20. The third kappa shape index (κ3) is 6.11. The monoisotopic (exact) mass is 246 g/mol. The van der Waals surface area contributed by atoms with E-state index in [0.717, 1.165) is 6.42 Å². The molecule has 0 aromatic carbocycles. The molecule has 0 aromatic heterocycles. The van der Waals surface area contributed by atoms with Gasteiger partial charge in [0.05, 0.1) is 12.6 Å². The first kappa shape index (κ1) is 15.7. The van der Waals surface area contributed by atoms with E-state index in [9.17, 15) is 9.59 Å². The summed E-state index contributed by atoms with van der Waals surface area (Å²) in [5, 5.41) is 14.0. The largest absolute Gasteiger partial charge is 0.480 e. The van der Waals surface area contributed by atoms with Crippen molar-refractivity contribution >= 4 is 12.0 Å². The second-order valence-electron chi connectivity index (χ2n) is 4.24. The van der Waals surface area contributed by atoms with Crippen molar-refractivity contribution in [1.82, 2.24) is 10.6 Å². The second-order valence-corrected chi connectivity index (χ2v) is 4.24. The molecule has 100 valence electrons. The zero-order valence-corrected chi connectivity index (χ0v) is 10.8. The van der Waals surface area contributed by atoms with Crippen LogP contribution in [0, 0.1) is 5.92 Å². The molecule has 3 N–H and O–H groups in total. The first-order valence-corrected chi connectivity index (χ1v) is 5.71. The van der Waals surface area contributed by atoms with Crippen LogP contribution in [-0.4, -0.2) is 42.9 Å². The van der Waals surface area contributed by atoms with Crippen molar-refractivity contribution in [2.75, 3.05) is 13.7 Å². The summed E-state index contributed by atoms with van der Waals surface area (Å²) < 4.78 is 4.94. The zero-order valence-electron chi connectivity index (χ0n) is 10.8. The van der Waals surface area contributed by atoms with E-state index >= 15 is 0 Å². The molecule has 6 nitrogen and oxygen atoms in total. The van der Waals surface area contributed by atoms with Crippen LogP contribution >= 0.6 is 0 Å². The maximum Gasteiger partial charge on any atom is 0.326 e. The average molecular weight is 246 g/mol. The molecule has 0 saturated carbocycles. The number of carboxylic acids is 1. The summed E-state index contributed by atoms with van der Waals surface area (Å²) in [4.78, 5) is 22.5. The van der Waals surface area contributed by atoms with Crippen molar-refractivity contribution in [1.29, 1.82) is 0 Å². The normalized spacial score (nSPS) is 14.2. The lowest BCUT2D eigenvalue weighted by atomic mass is 10.1. The first-order valence-electron chi connectivity index (χ1n) is 5.71. The number of aliphatic carboxylic acids is 1. The number of carboxylic acid groups (broad SMARTS) is 1. The highest BCUT2D eigenvalue weighted by molar-refractivity contribution is 5.82. The molecule has 0 aliphatic carbocycles. The second kappa shape index (κ2) is 7.89. The van der Waals surface area contributed by atoms with Gasteiger partial charge in [-0.2, -0.15) is 0 Å². The van der Waals surface area contributed by atoms with E-state index in [4.69, 9.17) is 9.84 Å². The van der Waals surface area contributed by atoms with Crippen molar-refractivity contribution in [2.24, 2.45) is 5.92 Å². The van der Waals surface area contributed by atoms with Crippen molar-refractivity contribution in [2.45, 2.75) is 39.3 Å². The summed E-state index contributed by atoms with van der Waals surface area (Å²) in [6, 6.07) is -1.47. The van der Waals surface area contributed by atoms with E-state index in [1.807, 2.05) is 6.92 Å². The van der Waals surface area contributed by atoms with Crippen molar-refractivity contribution in [3.8, 4) is 0 Å². The molecule has 0 rings (SSSR count). The lowest BCUT2D eigenvalue weighted by Gasteiger charge is -2.21. The SMILES string of the molecule is CCC(COC)NC(=O)N[C@@H](C(=O)O)C(C)C. The van der Waals surface area contributed by atoms with Gasteiger partial charge in [-0.3, -0.25) is 0 Å². The molecular formula is C11H22N2O4. The summed E-state index contributed by atoms with van der Waals surface area (Å²) in [5.41, 5.74) is 0. The third-order valence-electron chi connectivity index (χ3n) is 2.42. The van der Waals surface area contributed by atoms with Gasteiger partial charge in [0.15, 0.2) is 0 Å². The van der Waals surface area contributed by atoms with Gasteiger partial charge in [0.25, 0.3) is 0 Å². The molecular weight excluding hydrogens is 224 g/mol. The number of rotatable bonds is 7. The Balaban J connectivity index is 4.27. The predicted molar refractivity (Wildman–Crippen MR) is 63.9 cm³/mol. The number of carbonyl (C=O) groups is 2. The molecule has 0 aliphatic heterocycles. The molecule has 0 aromatic rings. The average Bonchev–Trinajstić information content (AvgIpc) is 2.24. The van der Waals surface area contributed by atoms with Gasteiger partial charge in [-0.1, -0.05) is 20.8 Å². The molecule has 0 heterocycles. The Morgan fingerprint density at radius 1 is 1.29 bits per heavy atom. The maximum absolute atomic E-state index is 11.6. The van der Waals surface area contributed by atoms with Crippen LogP contribution in [0.4, 0.5) is 4.79 Å². The lowest BCUT2D eigenvalue weighted by Crippen LogP contribution is -2.51. The van der Waals surface area contributed by atoms with Crippen molar-refractivity contribution in [3.63, 3.8) is 0 Å². The van der Waals surface area contributed by atoms with Crippen molar-refractivity contribution in [3.05, 3.63) is 0 Å². The Morgan fingerprint density at radius 2 is 1.88 bits per heavy atom. The topological polar surface area (TPSA) is 87.7 Å². The van der Waals surface area contributed by atoms with Crippen molar-refractivity contribution < 1.29 is 19.4 Å². The minimum Gasteiger partial charge on any atom is -0.480 e. The summed E-state index contributed by atoms with van der Waals surface area (Å²) in [6.07, 6.45) is 0.723. The van der Waals surface area contributed by atoms with E-state index in [1.165, 1.54) is 0 Å². The molecule has 17 heavy (non-hydrogen) atoms. The number of hydrogen-bond acceptors (Lipinski definition) is 3. The van der Waals surface area contributed by atoms with Gasteiger partial charge in [-0.05, 0) is 12.3 Å². The Labute approximate surface area is 102 Å². The zero-order chi connectivity index (χ0) is 13.4. The standard InChI is InChI=1S/C11H22N2O4/c1-5-8(6-17-4)12-11(16)13-9(7(2)3)10(14)15/h7-9H,5-6H2,1-4H3,(H,14,15)(H2,12,13,16)/t8?,9-/m1/s1. The van der Waals surface area contributed by atoms with Gasteiger partial charge in [0.1, 0.15) is 6.04 Å². The molecule has 0 radical (unpaired) electrons. The number of nitrogens with one attached hydrogen (secondary N) is 2. The Bertz CT molecular complexity index is 256. The molecule has 0 bridgehead atoms. The molecule has 2 amide bonds. The maximum atomic E-state index is 11.6. The van der Waals surface area contributed by atoms with Crippen LogP contribution < -0.4 is 10.6 Å². The highest BCUT2D eigenvalue weighted by Crippen LogP contribution is 2.01. The van der Waals surface area contributed by atoms with Crippen LogP contribution in [-0.2, 0) is 9.53 Å². The van der Waals surface area contributed by atoms with Crippen LogP contribution in [0.25, 0.3) is 0 Å². The fourth-order valence-corrected chi connectivity index (χ4v) is 1.34. The predicted octanol–water partition coefficient (Wildman–Crippen LogP) is 0.820. The Kier molecular flexibility index (Phi) is 7.29.